The van der Waals surface area contributed by atoms with E-state index in [1.807, 2.05) is 30.5 Å². The van der Waals surface area contributed by atoms with Crippen molar-refractivity contribution in [2.24, 2.45) is 5.92 Å². The lowest BCUT2D eigenvalue weighted by atomic mass is 9.95. The number of hydrogen-bond acceptors (Lipinski definition) is 4. The maximum atomic E-state index is 13.3. The standard InChI is InChI=1S/C23H28FN5O/c1-4-15(2)26-23(30)18-9-11-28(12-10-18)22-13-16(3)25-21-14-20(27-29(21)22)17-5-7-19(24)8-6-17/h5-8,13-15,18H,4,9-12H2,1-3H3,(H,26,30)/t15-/m0/s1. The van der Waals surface area contributed by atoms with Gasteiger partial charge in [-0.2, -0.15) is 9.61 Å². The van der Waals surface area contributed by atoms with E-state index < -0.39 is 0 Å². The van der Waals surface area contributed by atoms with E-state index in [9.17, 15) is 9.18 Å². The first-order valence-corrected chi connectivity index (χ1v) is 10.6. The number of halogens is 1. The van der Waals surface area contributed by atoms with Gasteiger partial charge >= 0.3 is 0 Å². The van der Waals surface area contributed by atoms with Gasteiger partial charge in [-0.05, 0) is 57.4 Å². The molecule has 6 nitrogen and oxygen atoms in total. The van der Waals surface area contributed by atoms with Gasteiger partial charge in [0.1, 0.15) is 11.6 Å². The fourth-order valence-corrected chi connectivity index (χ4v) is 3.90. The molecule has 2 aromatic heterocycles. The van der Waals surface area contributed by atoms with E-state index in [1.54, 1.807) is 12.1 Å². The molecule has 1 fully saturated rings. The molecular weight excluding hydrogens is 381 g/mol. The second kappa shape index (κ2) is 8.42. The minimum atomic E-state index is -0.266. The molecule has 1 atom stereocenters. The number of aromatic nitrogens is 3. The van der Waals surface area contributed by atoms with Gasteiger partial charge in [-0.15, -0.1) is 0 Å². The predicted octanol–water partition coefficient (Wildman–Crippen LogP) is 3.97. The van der Waals surface area contributed by atoms with Gasteiger partial charge in [-0.3, -0.25) is 4.79 Å². The number of hydrogen-bond donors (Lipinski definition) is 1. The van der Waals surface area contributed by atoms with E-state index in [-0.39, 0.29) is 23.7 Å². The van der Waals surface area contributed by atoms with Crippen LogP contribution in [0, 0.1) is 18.7 Å². The topological polar surface area (TPSA) is 62.5 Å². The Bertz CT molecular complexity index is 1040. The van der Waals surface area contributed by atoms with Crippen molar-refractivity contribution in [3.05, 3.63) is 47.9 Å². The fraction of sp³-hybridized carbons (Fsp3) is 0.435. The lowest BCUT2D eigenvalue weighted by molar-refractivity contribution is -0.126. The number of piperidine rings is 1. The third-order valence-electron chi connectivity index (χ3n) is 5.87. The summed E-state index contributed by atoms with van der Waals surface area (Å²) in [6.45, 7) is 7.68. The van der Waals surface area contributed by atoms with E-state index in [1.165, 1.54) is 12.1 Å². The average Bonchev–Trinajstić information content (AvgIpc) is 3.17. The highest BCUT2D eigenvalue weighted by molar-refractivity contribution is 5.79. The molecule has 1 amide bonds. The van der Waals surface area contributed by atoms with E-state index in [0.717, 1.165) is 60.8 Å². The van der Waals surface area contributed by atoms with Crippen LogP contribution in [0.3, 0.4) is 0 Å². The Morgan fingerprint density at radius 1 is 1.23 bits per heavy atom. The van der Waals surface area contributed by atoms with Crippen molar-refractivity contribution in [1.29, 1.82) is 0 Å². The maximum absolute atomic E-state index is 13.3. The molecule has 1 aliphatic rings. The number of aryl methyl sites for hydroxylation is 1. The number of carbonyl (C=O) groups excluding carboxylic acids is 1. The van der Waals surface area contributed by atoms with Crippen LogP contribution in [-0.4, -0.2) is 39.6 Å². The van der Waals surface area contributed by atoms with Crippen molar-refractivity contribution in [2.45, 2.75) is 46.1 Å². The molecule has 3 heterocycles. The molecule has 7 heteroatoms. The zero-order chi connectivity index (χ0) is 21.3. The van der Waals surface area contributed by atoms with Crippen molar-refractivity contribution in [1.82, 2.24) is 19.9 Å². The smallest absolute Gasteiger partial charge is 0.223 e. The predicted molar refractivity (Wildman–Crippen MR) is 116 cm³/mol. The van der Waals surface area contributed by atoms with Gasteiger partial charge in [-0.1, -0.05) is 6.92 Å². The molecule has 0 bridgehead atoms. The second-order valence-corrected chi connectivity index (χ2v) is 8.14. The lowest BCUT2D eigenvalue weighted by Crippen LogP contribution is -2.43. The van der Waals surface area contributed by atoms with Crippen LogP contribution in [0.1, 0.15) is 38.8 Å². The van der Waals surface area contributed by atoms with Crippen molar-refractivity contribution in [3.8, 4) is 11.3 Å². The number of fused-ring (bicyclic) bond motifs is 1. The van der Waals surface area contributed by atoms with Crippen molar-refractivity contribution in [3.63, 3.8) is 0 Å². The molecule has 1 saturated heterocycles. The molecule has 30 heavy (non-hydrogen) atoms. The number of nitrogens with zero attached hydrogens (tertiary/aromatic N) is 4. The van der Waals surface area contributed by atoms with E-state index >= 15 is 0 Å². The molecule has 0 saturated carbocycles. The van der Waals surface area contributed by atoms with Gasteiger partial charge in [0, 0.05) is 48.4 Å². The van der Waals surface area contributed by atoms with Gasteiger partial charge in [0.15, 0.2) is 5.65 Å². The second-order valence-electron chi connectivity index (χ2n) is 8.14. The molecule has 1 aliphatic heterocycles. The first-order chi connectivity index (χ1) is 14.4. The molecular formula is C23H28FN5O. The van der Waals surface area contributed by atoms with Crippen molar-refractivity contribution < 1.29 is 9.18 Å². The Morgan fingerprint density at radius 2 is 1.93 bits per heavy atom. The van der Waals surface area contributed by atoms with Gasteiger partial charge < -0.3 is 10.2 Å². The summed E-state index contributed by atoms with van der Waals surface area (Å²) >= 11 is 0. The third kappa shape index (κ3) is 4.15. The Hall–Kier alpha value is -2.96. The third-order valence-corrected chi connectivity index (χ3v) is 5.87. The highest BCUT2D eigenvalue weighted by atomic mass is 19.1. The molecule has 0 radical (unpaired) electrons. The van der Waals surface area contributed by atoms with E-state index in [0.29, 0.717) is 0 Å². The molecule has 1 N–H and O–H groups in total. The summed E-state index contributed by atoms with van der Waals surface area (Å²) in [6, 6.07) is 10.5. The van der Waals surface area contributed by atoms with Crippen LogP contribution >= 0.6 is 0 Å². The molecule has 0 spiro atoms. The molecule has 158 valence electrons. The summed E-state index contributed by atoms with van der Waals surface area (Å²) in [6.07, 6.45) is 2.57. The summed E-state index contributed by atoms with van der Waals surface area (Å²) < 4.78 is 15.1. The molecule has 4 rings (SSSR count). The minimum Gasteiger partial charge on any atom is -0.356 e. The lowest BCUT2D eigenvalue weighted by Gasteiger charge is -2.33. The normalized spacial score (nSPS) is 16.1. The number of amides is 1. The van der Waals surface area contributed by atoms with Crippen LogP contribution in [0.25, 0.3) is 16.9 Å². The van der Waals surface area contributed by atoms with Crippen LogP contribution in [0.15, 0.2) is 36.4 Å². The summed E-state index contributed by atoms with van der Waals surface area (Å²) in [5, 5.41) is 7.85. The number of anilines is 1. The zero-order valence-electron chi connectivity index (χ0n) is 17.7. The Kier molecular flexibility index (Phi) is 5.70. The van der Waals surface area contributed by atoms with Crippen LogP contribution in [0.2, 0.25) is 0 Å². The molecule has 1 aromatic carbocycles. The number of carbonyl (C=O) groups is 1. The SMILES string of the molecule is CC[C@H](C)NC(=O)C1CCN(c2cc(C)nc3cc(-c4ccc(F)cc4)nn23)CC1. The van der Waals surface area contributed by atoms with Crippen LogP contribution in [0.4, 0.5) is 10.2 Å². The summed E-state index contributed by atoms with van der Waals surface area (Å²) in [5.74, 6) is 0.933. The van der Waals surface area contributed by atoms with Crippen LogP contribution < -0.4 is 10.2 Å². The summed E-state index contributed by atoms with van der Waals surface area (Å²) in [4.78, 5) is 19.4. The Labute approximate surface area is 176 Å². The number of rotatable bonds is 5. The first kappa shape index (κ1) is 20.3. The Balaban J connectivity index is 1.56. The summed E-state index contributed by atoms with van der Waals surface area (Å²) in [7, 11) is 0. The van der Waals surface area contributed by atoms with E-state index in [2.05, 4.69) is 22.1 Å². The maximum Gasteiger partial charge on any atom is 0.223 e. The molecule has 3 aromatic rings. The van der Waals surface area contributed by atoms with Crippen LogP contribution in [0.5, 0.6) is 0 Å². The van der Waals surface area contributed by atoms with Gasteiger partial charge in [0.25, 0.3) is 0 Å². The van der Waals surface area contributed by atoms with Gasteiger partial charge in [0.05, 0.1) is 5.69 Å². The van der Waals surface area contributed by atoms with Crippen LogP contribution in [-0.2, 0) is 4.79 Å². The first-order valence-electron chi connectivity index (χ1n) is 10.6. The van der Waals surface area contributed by atoms with E-state index in [4.69, 9.17) is 5.10 Å². The van der Waals surface area contributed by atoms with Gasteiger partial charge in [0.2, 0.25) is 5.91 Å². The molecule has 0 unspecified atom stereocenters. The van der Waals surface area contributed by atoms with Crippen molar-refractivity contribution >= 4 is 17.4 Å². The highest BCUT2D eigenvalue weighted by Crippen LogP contribution is 2.27. The quantitative estimate of drug-likeness (QED) is 0.693. The zero-order valence-corrected chi connectivity index (χ0v) is 17.7. The fourth-order valence-electron chi connectivity index (χ4n) is 3.90. The number of benzene rings is 1. The minimum absolute atomic E-state index is 0.0565. The summed E-state index contributed by atoms with van der Waals surface area (Å²) in [5.41, 5.74) is 3.30. The number of nitrogens with one attached hydrogen (secondary N) is 1. The average molecular weight is 410 g/mol. The Morgan fingerprint density at radius 3 is 2.60 bits per heavy atom. The monoisotopic (exact) mass is 409 g/mol. The highest BCUT2D eigenvalue weighted by Gasteiger charge is 2.27. The van der Waals surface area contributed by atoms with Crippen molar-refractivity contribution in [2.75, 3.05) is 18.0 Å². The van der Waals surface area contributed by atoms with Gasteiger partial charge in [-0.25, -0.2) is 9.37 Å². The largest absolute Gasteiger partial charge is 0.356 e. The molecule has 0 aliphatic carbocycles.